The highest BCUT2D eigenvalue weighted by atomic mass is 16.5. The number of carbonyl (C=O) groups excluding carboxylic acids is 3. The van der Waals surface area contributed by atoms with Crippen molar-refractivity contribution in [1.29, 1.82) is 0 Å². The van der Waals surface area contributed by atoms with Crippen molar-refractivity contribution in [2.24, 2.45) is 0 Å². The number of phenolic OH excluding ortho intramolecular Hbond substituents is 1. The minimum absolute atomic E-state index is 0.00184. The number of fused-ring (bicyclic) bond motifs is 1. The molecule has 0 spiro atoms. The second-order valence-electron chi connectivity index (χ2n) is 4.96. The highest BCUT2D eigenvalue weighted by Gasteiger charge is 2.35. The van der Waals surface area contributed by atoms with Gasteiger partial charge in [0.25, 0.3) is 0 Å². The number of phenols is 1. The molecular weight excluding hydrogens is 306 g/mol. The van der Waals surface area contributed by atoms with E-state index in [1.807, 2.05) is 0 Å². The average molecular weight is 317 g/mol. The van der Waals surface area contributed by atoms with E-state index in [-0.39, 0.29) is 35.2 Å². The Morgan fingerprint density at radius 2 is 1.87 bits per heavy atom. The maximum Gasteiger partial charge on any atom is 0.382 e. The maximum absolute atomic E-state index is 12.1. The minimum atomic E-state index is -1.03. The lowest BCUT2D eigenvalue weighted by molar-refractivity contribution is -0.132. The van der Waals surface area contributed by atoms with Crippen LogP contribution >= 0.6 is 0 Å². The van der Waals surface area contributed by atoms with Gasteiger partial charge in [0.15, 0.2) is 0 Å². The van der Waals surface area contributed by atoms with Crippen molar-refractivity contribution in [3.05, 3.63) is 28.6 Å². The summed E-state index contributed by atoms with van der Waals surface area (Å²) < 4.78 is 9.87. The molecule has 0 aliphatic carbocycles. The predicted octanol–water partition coefficient (Wildman–Crippen LogP) is 1.08. The number of aromatic hydroxyl groups is 1. The highest BCUT2D eigenvalue weighted by Crippen LogP contribution is 2.37. The first-order valence-corrected chi connectivity index (χ1v) is 6.72. The van der Waals surface area contributed by atoms with Crippen molar-refractivity contribution in [3.63, 3.8) is 0 Å². The molecule has 0 unspecified atom stereocenters. The first-order chi connectivity index (χ1) is 10.9. The van der Waals surface area contributed by atoms with Gasteiger partial charge in [-0.2, -0.15) is 0 Å². The van der Waals surface area contributed by atoms with Gasteiger partial charge in [0.05, 0.1) is 0 Å². The molecule has 23 heavy (non-hydrogen) atoms. The van der Waals surface area contributed by atoms with Gasteiger partial charge in [0.2, 0.25) is 17.6 Å². The molecule has 1 fully saturated rings. The van der Waals surface area contributed by atoms with Crippen molar-refractivity contribution < 1.29 is 28.6 Å². The predicted molar refractivity (Wildman–Crippen MR) is 77.2 cm³/mol. The summed E-state index contributed by atoms with van der Waals surface area (Å²) >= 11 is 0. The van der Waals surface area contributed by atoms with Crippen LogP contribution in [0.5, 0.6) is 11.5 Å². The zero-order valence-electron chi connectivity index (χ0n) is 12.0. The minimum Gasteiger partial charge on any atom is -0.508 e. The molecule has 1 aliphatic heterocycles. The Hall–Kier alpha value is -3.16. The van der Waals surface area contributed by atoms with E-state index in [2.05, 4.69) is 0 Å². The number of carbonyl (C=O) groups is 3. The Morgan fingerprint density at radius 1 is 1.22 bits per heavy atom. The number of nitrogens with zero attached hydrogens (tertiary/aromatic N) is 1. The third-order valence-electron chi connectivity index (χ3n) is 3.34. The first kappa shape index (κ1) is 14.8. The molecular formula is C15H11NO7. The molecule has 3 rings (SSSR count). The van der Waals surface area contributed by atoms with Crippen LogP contribution in [-0.2, 0) is 14.4 Å². The molecule has 0 bridgehead atoms. The van der Waals surface area contributed by atoms with Crippen LogP contribution in [0.1, 0.15) is 19.8 Å². The van der Waals surface area contributed by atoms with E-state index in [1.54, 1.807) is 0 Å². The van der Waals surface area contributed by atoms with E-state index in [4.69, 9.17) is 9.15 Å². The number of ether oxygens (including phenoxy) is 1. The van der Waals surface area contributed by atoms with Crippen molar-refractivity contribution in [1.82, 2.24) is 0 Å². The van der Waals surface area contributed by atoms with E-state index in [0.717, 1.165) is 11.8 Å². The number of anilines is 1. The fraction of sp³-hybridized carbons (Fsp3) is 0.200. The molecule has 1 aromatic heterocycles. The fourth-order valence-corrected chi connectivity index (χ4v) is 2.44. The van der Waals surface area contributed by atoms with Crippen LogP contribution in [0.2, 0.25) is 0 Å². The van der Waals surface area contributed by atoms with Crippen molar-refractivity contribution in [3.8, 4) is 11.5 Å². The Bertz CT molecular complexity index is 896. The summed E-state index contributed by atoms with van der Waals surface area (Å²) in [6.45, 7) is 1.08. The van der Waals surface area contributed by atoms with Crippen molar-refractivity contribution in [2.45, 2.75) is 19.8 Å². The van der Waals surface area contributed by atoms with Crippen LogP contribution in [0, 0.1) is 0 Å². The smallest absolute Gasteiger partial charge is 0.382 e. The largest absolute Gasteiger partial charge is 0.508 e. The molecule has 0 saturated carbocycles. The second-order valence-corrected chi connectivity index (χ2v) is 4.96. The highest BCUT2D eigenvalue weighted by molar-refractivity contribution is 6.23. The average Bonchev–Trinajstić information content (AvgIpc) is 2.79. The number of benzene rings is 1. The number of rotatable bonds is 2. The van der Waals surface area contributed by atoms with Crippen LogP contribution in [0.15, 0.2) is 27.4 Å². The van der Waals surface area contributed by atoms with E-state index in [0.29, 0.717) is 0 Å². The Labute approximate surface area is 128 Å². The summed E-state index contributed by atoms with van der Waals surface area (Å²) in [5, 5.41) is 9.70. The van der Waals surface area contributed by atoms with Gasteiger partial charge in [-0.3, -0.25) is 14.4 Å². The number of hydrogen-bond donors (Lipinski definition) is 1. The topological polar surface area (TPSA) is 114 Å². The molecule has 2 aromatic rings. The van der Waals surface area contributed by atoms with E-state index >= 15 is 0 Å². The van der Waals surface area contributed by atoms with Gasteiger partial charge in [-0.05, 0) is 12.1 Å². The Morgan fingerprint density at radius 3 is 2.48 bits per heavy atom. The van der Waals surface area contributed by atoms with Gasteiger partial charge in [-0.1, -0.05) is 0 Å². The van der Waals surface area contributed by atoms with Gasteiger partial charge >= 0.3 is 11.6 Å². The van der Waals surface area contributed by atoms with Gasteiger partial charge in [0, 0.05) is 31.2 Å². The lowest BCUT2D eigenvalue weighted by Crippen LogP contribution is -2.31. The first-order valence-electron chi connectivity index (χ1n) is 6.72. The summed E-state index contributed by atoms with van der Waals surface area (Å²) in [7, 11) is 0. The molecule has 118 valence electrons. The summed E-state index contributed by atoms with van der Waals surface area (Å²) in [6.07, 6.45) is -0.00367. The molecule has 0 atom stereocenters. The molecule has 2 amide bonds. The summed E-state index contributed by atoms with van der Waals surface area (Å²) in [5.74, 6) is -2.51. The lowest BCUT2D eigenvalue weighted by atomic mass is 10.1. The van der Waals surface area contributed by atoms with Crippen molar-refractivity contribution in [2.75, 3.05) is 4.90 Å². The van der Waals surface area contributed by atoms with Crippen LogP contribution < -0.4 is 15.3 Å². The number of amides is 2. The number of imide groups is 1. The number of esters is 1. The van der Waals surface area contributed by atoms with Gasteiger partial charge < -0.3 is 14.3 Å². The number of hydrogen-bond acceptors (Lipinski definition) is 7. The molecule has 8 nitrogen and oxygen atoms in total. The monoisotopic (exact) mass is 317 g/mol. The third kappa shape index (κ3) is 2.44. The van der Waals surface area contributed by atoms with Crippen LogP contribution in [0.25, 0.3) is 11.0 Å². The summed E-state index contributed by atoms with van der Waals surface area (Å²) in [6, 6.07) is 3.84. The summed E-state index contributed by atoms with van der Waals surface area (Å²) in [4.78, 5) is 48.2. The molecule has 1 saturated heterocycles. The van der Waals surface area contributed by atoms with Crippen molar-refractivity contribution >= 4 is 34.4 Å². The second kappa shape index (κ2) is 5.24. The van der Waals surface area contributed by atoms with Gasteiger partial charge in [-0.25, -0.2) is 9.69 Å². The van der Waals surface area contributed by atoms with Crippen LogP contribution in [0.4, 0.5) is 5.69 Å². The molecule has 1 N–H and O–H groups in total. The van der Waals surface area contributed by atoms with Gasteiger partial charge in [0.1, 0.15) is 17.0 Å². The summed E-state index contributed by atoms with van der Waals surface area (Å²) in [5.41, 5.74) is -1.20. The van der Waals surface area contributed by atoms with E-state index in [9.17, 15) is 24.3 Å². The SMILES string of the molecule is CC(=O)Oc1c(N2C(=O)CCC2=O)c2ccc(O)cc2oc1=O. The Balaban J connectivity index is 2.38. The van der Waals surface area contributed by atoms with Crippen LogP contribution in [-0.4, -0.2) is 22.9 Å². The maximum atomic E-state index is 12.1. The van der Waals surface area contributed by atoms with Gasteiger partial charge in [-0.15, -0.1) is 0 Å². The van der Waals surface area contributed by atoms with Crippen LogP contribution in [0.3, 0.4) is 0 Å². The van der Waals surface area contributed by atoms with E-state index in [1.165, 1.54) is 18.2 Å². The third-order valence-corrected chi connectivity index (χ3v) is 3.34. The quantitative estimate of drug-likeness (QED) is 0.500. The molecule has 8 heteroatoms. The standard InChI is InChI=1S/C15H11NO7/c1-7(17)22-14-13(16-11(19)4-5-12(16)20)9-3-2-8(18)6-10(9)23-15(14)21/h2-3,6,18H,4-5H2,1H3. The molecule has 1 aliphatic rings. The zero-order chi connectivity index (χ0) is 16.7. The fourth-order valence-electron chi connectivity index (χ4n) is 2.44. The Kier molecular flexibility index (Phi) is 3.36. The zero-order valence-corrected chi connectivity index (χ0v) is 12.0. The van der Waals surface area contributed by atoms with E-state index < -0.39 is 29.2 Å². The molecule has 2 heterocycles. The normalized spacial score (nSPS) is 14.6. The lowest BCUT2D eigenvalue weighted by Gasteiger charge is -2.18. The molecule has 0 radical (unpaired) electrons. The molecule has 1 aromatic carbocycles.